The van der Waals surface area contributed by atoms with Crippen molar-refractivity contribution in [1.29, 1.82) is 5.41 Å². The normalized spacial score (nSPS) is 18.2. The minimum atomic E-state index is 0.0425. The van der Waals surface area contributed by atoms with Gasteiger partial charge in [-0.3, -0.25) is 4.99 Å². The summed E-state index contributed by atoms with van der Waals surface area (Å²) in [5, 5.41) is 7.64. The van der Waals surface area contributed by atoms with Gasteiger partial charge in [-0.2, -0.15) is 0 Å². The van der Waals surface area contributed by atoms with Crippen LogP contribution in [-0.2, 0) is 0 Å². The maximum absolute atomic E-state index is 7.64. The van der Waals surface area contributed by atoms with E-state index >= 15 is 0 Å². The van der Waals surface area contributed by atoms with Gasteiger partial charge < -0.3 is 5.41 Å². The predicted molar refractivity (Wildman–Crippen MR) is 87.7 cm³/mol. The number of unbranched alkanes of at least 4 members (excludes halogenated alkanes) is 2. The van der Waals surface area contributed by atoms with Crippen LogP contribution in [0.15, 0.2) is 4.99 Å². The van der Waals surface area contributed by atoms with Gasteiger partial charge in [0.2, 0.25) is 0 Å². The van der Waals surface area contributed by atoms with Crippen LogP contribution in [0.2, 0.25) is 0 Å². The number of rotatable bonds is 11. The Kier molecular flexibility index (Phi) is 8.95. The monoisotopic (exact) mass is 266 g/mol. The third-order valence-corrected chi connectivity index (χ3v) is 4.44. The highest BCUT2D eigenvalue weighted by molar-refractivity contribution is 5.62. The molecule has 0 aromatic rings. The Morgan fingerprint density at radius 2 is 1.74 bits per heavy atom. The van der Waals surface area contributed by atoms with Crippen LogP contribution in [0.5, 0.6) is 0 Å². The minimum Gasteiger partial charge on any atom is -0.313 e. The number of nitrogens with one attached hydrogen (secondary N) is 1. The molecule has 0 aromatic heterocycles. The zero-order valence-electron chi connectivity index (χ0n) is 13.8. The molecule has 2 unspecified atom stereocenters. The highest BCUT2D eigenvalue weighted by atomic mass is 14.7. The first-order valence-electron chi connectivity index (χ1n) is 7.95. The smallest absolute Gasteiger partial charge is 0.0385 e. The number of hydrogen-bond donors (Lipinski definition) is 1. The molecule has 2 heteroatoms. The van der Waals surface area contributed by atoms with E-state index in [0.717, 1.165) is 32.2 Å². The van der Waals surface area contributed by atoms with E-state index in [2.05, 4.69) is 45.8 Å². The molecule has 112 valence electrons. The van der Waals surface area contributed by atoms with E-state index in [9.17, 15) is 0 Å². The topological polar surface area (TPSA) is 36.2 Å². The van der Waals surface area contributed by atoms with Gasteiger partial charge in [-0.1, -0.05) is 53.9 Å². The summed E-state index contributed by atoms with van der Waals surface area (Å²) >= 11 is 0. The maximum Gasteiger partial charge on any atom is 0.0385 e. The molecule has 0 amide bonds. The van der Waals surface area contributed by atoms with Crippen molar-refractivity contribution in [3.05, 3.63) is 0 Å². The summed E-state index contributed by atoms with van der Waals surface area (Å²) in [6, 6.07) is 0. The summed E-state index contributed by atoms with van der Waals surface area (Å²) in [6.07, 6.45) is 11.8. The van der Waals surface area contributed by atoms with Crippen LogP contribution in [0.3, 0.4) is 0 Å². The molecule has 0 radical (unpaired) electrons. The Balaban J connectivity index is 4.33. The number of nitrogens with zero attached hydrogens (tertiary/aromatic N) is 1. The molecule has 0 saturated heterocycles. The van der Waals surface area contributed by atoms with E-state index in [1.54, 1.807) is 6.21 Å². The minimum absolute atomic E-state index is 0.0425. The SMILES string of the molecule is CCCCCN=CCC(C)(CC)CC(C)(C=N)CC. The molecule has 0 aliphatic heterocycles. The van der Waals surface area contributed by atoms with Crippen LogP contribution in [0, 0.1) is 16.2 Å². The first-order valence-corrected chi connectivity index (χ1v) is 7.95. The van der Waals surface area contributed by atoms with Gasteiger partial charge in [0, 0.05) is 18.2 Å². The van der Waals surface area contributed by atoms with Crippen LogP contribution in [0.4, 0.5) is 0 Å². The van der Waals surface area contributed by atoms with Gasteiger partial charge >= 0.3 is 0 Å². The Bertz CT molecular complexity index is 272. The average molecular weight is 266 g/mol. The first-order chi connectivity index (χ1) is 8.95. The zero-order valence-corrected chi connectivity index (χ0v) is 13.8. The molecule has 2 nitrogen and oxygen atoms in total. The molecule has 1 N–H and O–H groups in total. The highest BCUT2D eigenvalue weighted by Crippen LogP contribution is 2.39. The summed E-state index contributed by atoms with van der Waals surface area (Å²) in [7, 11) is 0. The lowest BCUT2D eigenvalue weighted by Gasteiger charge is -2.35. The van der Waals surface area contributed by atoms with Gasteiger partial charge in [-0.25, -0.2) is 0 Å². The molecule has 19 heavy (non-hydrogen) atoms. The molecule has 0 spiro atoms. The third-order valence-electron chi connectivity index (χ3n) is 4.44. The van der Waals surface area contributed by atoms with E-state index in [-0.39, 0.29) is 10.8 Å². The van der Waals surface area contributed by atoms with Crippen molar-refractivity contribution in [3.8, 4) is 0 Å². The maximum atomic E-state index is 7.64. The fraction of sp³-hybridized carbons (Fsp3) is 0.882. The Hall–Kier alpha value is -0.660. The molecule has 2 atom stereocenters. The first kappa shape index (κ1) is 18.3. The van der Waals surface area contributed by atoms with E-state index in [1.807, 2.05) is 0 Å². The molecule has 0 rings (SSSR count). The quantitative estimate of drug-likeness (QED) is 0.378. The van der Waals surface area contributed by atoms with Crippen molar-refractivity contribution in [3.63, 3.8) is 0 Å². The fourth-order valence-electron chi connectivity index (χ4n) is 2.42. The Morgan fingerprint density at radius 3 is 2.21 bits per heavy atom. The van der Waals surface area contributed by atoms with Crippen molar-refractivity contribution in [2.75, 3.05) is 6.54 Å². The van der Waals surface area contributed by atoms with Gasteiger partial charge in [0.05, 0.1) is 0 Å². The molecule has 0 aromatic carbocycles. The van der Waals surface area contributed by atoms with Gasteiger partial charge in [-0.15, -0.1) is 0 Å². The Labute approximate surface area is 120 Å². The van der Waals surface area contributed by atoms with Gasteiger partial charge in [0.15, 0.2) is 0 Å². The summed E-state index contributed by atoms with van der Waals surface area (Å²) < 4.78 is 0. The summed E-state index contributed by atoms with van der Waals surface area (Å²) in [6.45, 7) is 12.2. The molecular formula is C17H34N2. The Morgan fingerprint density at radius 1 is 1.05 bits per heavy atom. The second-order valence-electron chi connectivity index (χ2n) is 6.49. The largest absolute Gasteiger partial charge is 0.313 e. The van der Waals surface area contributed by atoms with E-state index in [0.29, 0.717) is 0 Å². The van der Waals surface area contributed by atoms with Crippen molar-refractivity contribution >= 4 is 12.4 Å². The summed E-state index contributed by atoms with van der Waals surface area (Å²) in [4.78, 5) is 4.54. The average Bonchev–Trinajstić information content (AvgIpc) is 2.42. The molecule has 0 aliphatic rings. The molecule has 0 bridgehead atoms. The van der Waals surface area contributed by atoms with Gasteiger partial charge in [0.1, 0.15) is 0 Å². The van der Waals surface area contributed by atoms with Gasteiger partial charge in [0.25, 0.3) is 0 Å². The predicted octanol–water partition coefficient (Wildman–Crippen LogP) is 5.51. The van der Waals surface area contributed by atoms with Crippen molar-refractivity contribution in [2.24, 2.45) is 15.8 Å². The van der Waals surface area contributed by atoms with E-state index in [1.165, 1.54) is 19.3 Å². The molecular weight excluding hydrogens is 232 g/mol. The lowest BCUT2D eigenvalue weighted by atomic mass is 9.69. The van der Waals surface area contributed by atoms with Crippen LogP contribution in [0.1, 0.15) is 79.6 Å². The second-order valence-corrected chi connectivity index (χ2v) is 6.49. The molecule has 0 aliphatic carbocycles. The second kappa shape index (κ2) is 9.28. The molecule has 0 fully saturated rings. The van der Waals surface area contributed by atoms with Crippen molar-refractivity contribution in [2.45, 2.75) is 79.6 Å². The van der Waals surface area contributed by atoms with Crippen LogP contribution in [0.25, 0.3) is 0 Å². The number of aliphatic imine (C=N–C) groups is 1. The van der Waals surface area contributed by atoms with Crippen LogP contribution in [-0.4, -0.2) is 19.0 Å². The van der Waals surface area contributed by atoms with Crippen LogP contribution >= 0.6 is 0 Å². The molecule has 0 heterocycles. The molecule has 0 saturated carbocycles. The van der Waals surface area contributed by atoms with Crippen molar-refractivity contribution in [1.82, 2.24) is 0 Å². The number of hydrogen-bond acceptors (Lipinski definition) is 2. The standard InChI is InChI=1S/C17H34N2/c1-6-9-10-12-19-13-11-16(4,7-2)14-17(5,8-3)15-18/h13,15,18H,6-12,14H2,1-5H3. The fourth-order valence-corrected chi connectivity index (χ4v) is 2.42. The van der Waals surface area contributed by atoms with Crippen LogP contribution < -0.4 is 0 Å². The highest BCUT2D eigenvalue weighted by Gasteiger charge is 2.31. The van der Waals surface area contributed by atoms with Gasteiger partial charge in [-0.05, 0) is 37.3 Å². The lowest BCUT2D eigenvalue weighted by molar-refractivity contribution is 0.213. The lowest BCUT2D eigenvalue weighted by Crippen LogP contribution is -2.28. The van der Waals surface area contributed by atoms with E-state index < -0.39 is 0 Å². The third kappa shape index (κ3) is 7.49. The zero-order chi connectivity index (χ0) is 14.8. The summed E-state index contributed by atoms with van der Waals surface area (Å²) in [5.41, 5.74) is 0.317. The summed E-state index contributed by atoms with van der Waals surface area (Å²) in [5.74, 6) is 0. The van der Waals surface area contributed by atoms with Crippen molar-refractivity contribution < 1.29 is 0 Å². The van der Waals surface area contributed by atoms with E-state index in [4.69, 9.17) is 5.41 Å².